The molecule has 3 rings (SSSR count). The van der Waals surface area contributed by atoms with Gasteiger partial charge >= 0.3 is 5.97 Å². The van der Waals surface area contributed by atoms with Gasteiger partial charge in [0.25, 0.3) is 0 Å². The fourth-order valence-corrected chi connectivity index (χ4v) is 3.31. The molecule has 0 saturated heterocycles. The van der Waals surface area contributed by atoms with Crippen molar-refractivity contribution >= 4 is 23.4 Å². The second-order valence-corrected chi connectivity index (χ2v) is 5.86. The van der Waals surface area contributed by atoms with Gasteiger partial charge in [0, 0.05) is 12.2 Å². The second kappa shape index (κ2) is 4.31. The van der Waals surface area contributed by atoms with Gasteiger partial charge in [0.1, 0.15) is 11.4 Å². The number of nitrogens with zero attached hydrogens (tertiary/aromatic N) is 2. The van der Waals surface area contributed by atoms with Crippen molar-refractivity contribution in [2.24, 2.45) is 5.41 Å². The van der Waals surface area contributed by atoms with Crippen LogP contribution in [0.3, 0.4) is 0 Å². The van der Waals surface area contributed by atoms with Gasteiger partial charge in [-0.3, -0.25) is 0 Å². The minimum atomic E-state index is -1.08. The van der Waals surface area contributed by atoms with Crippen molar-refractivity contribution in [2.45, 2.75) is 37.8 Å². The molecule has 2 aliphatic carbocycles. The lowest BCUT2D eigenvalue weighted by Crippen LogP contribution is -2.54. The first-order chi connectivity index (χ1) is 8.97. The number of aromatic carboxylic acids is 1. The van der Waals surface area contributed by atoms with Crippen molar-refractivity contribution < 1.29 is 15.0 Å². The highest BCUT2D eigenvalue weighted by Gasteiger charge is 2.52. The Bertz CT molecular complexity index is 523. The molecule has 7 heteroatoms. The third-order valence-corrected chi connectivity index (χ3v) is 4.21. The smallest absolute Gasteiger partial charge is 0.341 e. The Morgan fingerprint density at radius 3 is 2.68 bits per heavy atom. The molecule has 2 fully saturated rings. The largest absolute Gasteiger partial charge is 0.477 e. The molecule has 0 radical (unpaired) electrons. The molecule has 19 heavy (non-hydrogen) atoms. The molecule has 102 valence electrons. The van der Waals surface area contributed by atoms with E-state index in [9.17, 15) is 9.90 Å². The Hall–Kier alpha value is -1.40. The van der Waals surface area contributed by atoms with Crippen molar-refractivity contribution in [3.63, 3.8) is 0 Å². The quantitative estimate of drug-likeness (QED) is 0.729. The van der Waals surface area contributed by atoms with E-state index in [1.807, 2.05) is 0 Å². The summed E-state index contributed by atoms with van der Waals surface area (Å²) in [5.41, 5.74) is 0.288. The molecule has 0 aliphatic heterocycles. The van der Waals surface area contributed by atoms with E-state index >= 15 is 0 Å². The molecule has 1 heterocycles. The number of nitrogens with one attached hydrogen (secondary N) is 1. The maximum absolute atomic E-state index is 11.1. The minimum absolute atomic E-state index is 0.0268. The van der Waals surface area contributed by atoms with Gasteiger partial charge in [-0.05, 0) is 42.7 Å². The first-order valence-corrected chi connectivity index (χ1v) is 6.56. The summed E-state index contributed by atoms with van der Waals surface area (Å²) in [6.45, 7) is 0. The zero-order valence-corrected chi connectivity index (χ0v) is 10.9. The van der Waals surface area contributed by atoms with E-state index in [1.165, 1.54) is 6.20 Å². The number of aromatic nitrogens is 2. The molecule has 0 atom stereocenters. The molecular weight excluding hydrogens is 270 g/mol. The fourth-order valence-electron chi connectivity index (χ4n) is 3.18. The lowest BCUT2D eigenvalue weighted by Gasteiger charge is -2.56. The lowest BCUT2D eigenvalue weighted by atomic mass is 9.53. The SMILES string of the molecule is O=C(O)c1cnc(Cl)nc1NC1CC2(CC(O)C2)C1. The maximum Gasteiger partial charge on any atom is 0.341 e. The highest BCUT2D eigenvalue weighted by atomic mass is 35.5. The summed E-state index contributed by atoms with van der Waals surface area (Å²) in [6, 6.07) is 0.191. The van der Waals surface area contributed by atoms with Gasteiger partial charge in [-0.25, -0.2) is 9.78 Å². The van der Waals surface area contributed by atoms with Gasteiger partial charge < -0.3 is 15.5 Å². The van der Waals surface area contributed by atoms with Crippen LogP contribution in [0.4, 0.5) is 5.82 Å². The van der Waals surface area contributed by atoms with E-state index in [2.05, 4.69) is 15.3 Å². The molecule has 2 aliphatic rings. The predicted octanol–water partition coefficient (Wildman–Crippen LogP) is 1.54. The average molecular weight is 284 g/mol. The fraction of sp³-hybridized carbons (Fsp3) is 0.583. The van der Waals surface area contributed by atoms with Crippen LogP contribution in [0.15, 0.2) is 6.20 Å². The Kier molecular flexibility index (Phi) is 2.87. The number of anilines is 1. The van der Waals surface area contributed by atoms with E-state index in [-0.39, 0.29) is 34.2 Å². The Morgan fingerprint density at radius 2 is 2.11 bits per heavy atom. The molecular formula is C12H14ClN3O3. The molecule has 3 N–H and O–H groups in total. The Morgan fingerprint density at radius 1 is 1.42 bits per heavy atom. The number of aliphatic hydroxyl groups is 1. The van der Waals surface area contributed by atoms with Gasteiger partial charge in [0.2, 0.25) is 5.28 Å². The van der Waals surface area contributed by atoms with Crippen LogP contribution in [0.1, 0.15) is 36.0 Å². The van der Waals surface area contributed by atoms with Gasteiger partial charge in [0.15, 0.2) is 0 Å². The van der Waals surface area contributed by atoms with Crippen molar-refractivity contribution in [1.82, 2.24) is 9.97 Å². The zero-order valence-electron chi connectivity index (χ0n) is 10.1. The van der Waals surface area contributed by atoms with Crippen LogP contribution in [0.2, 0.25) is 5.28 Å². The van der Waals surface area contributed by atoms with E-state index in [0.29, 0.717) is 0 Å². The molecule has 1 spiro atoms. The summed E-state index contributed by atoms with van der Waals surface area (Å²) >= 11 is 5.69. The summed E-state index contributed by atoms with van der Waals surface area (Å²) in [5.74, 6) is -0.806. The zero-order chi connectivity index (χ0) is 13.6. The standard InChI is InChI=1S/C12H14ClN3O3/c13-11-14-5-8(10(18)19)9(16-11)15-6-1-12(2-6)3-7(17)4-12/h5-7,17H,1-4H2,(H,18,19)(H,14,15,16). The number of carbonyl (C=O) groups is 1. The first kappa shape index (κ1) is 12.6. The molecule has 0 amide bonds. The Labute approximate surface area is 114 Å². The highest BCUT2D eigenvalue weighted by Crippen LogP contribution is 2.56. The topological polar surface area (TPSA) is 95.3 Å². The maximum atomic E-state index is 11.1. The van der Waals surface area contributed by atoms with Crippen LogP contribution >= 0.6 is 11.6 Å². The average Bonchev–Trinajstić information content (AvgIpc) is 2.23. The van der Waals surface area contributed by atoms with Crippen LogP contribution < -0.4 is 5.32 Å². The number of carboxylic acid groups (broad SMARTS) is 1. The van der Waals surface area contributed by atoms with Crippen LogP contribution in [0, 0.1) is 5.41 Å². The molecule has 0 unspecified atom stereocenters. The molecule has 1 aromatic heterocycles. The highest BCUT2D eigenvalue weighted by molar-refractivity contribution is 6.28. The van der Waals surface area contributed by atoms with E-state index in [4.69, 9.17) is 16.7 Å². The number of hydrogen-bond acceptors (Lipinski definition) is 5. The van der Waals surface area contributed by atoms with Crippen LogP contribution in [-0.4, -0.2) is 38.3 Å². The first-order valence-electron chi connectivity index (χ1n) is 6.18. The van der Waals surface area contributed by atoms with Crippen LogP contribution in [0.5, 0.6) is 0 Å². The monoisotopic (exact) mass is 283 g/mol. The number of hydrogen-bond donors (Lipinski definition) is 3. The molecule has 0 bridgehead atoms. The predicted molar refractivity (Wildman–Crippen MR) is 68.3 cm³/mol. The Balaban J connectivity index is 1.68. The van der Waals surface area contributed by atoms with Crippen LogP contribution in [0.25, 0.3) is 0 Å². The summed E-state index contributed by atoms with van der Waals surface area (Å²) < 4.78 is 0. The number of aliphatic hydroxyl groups excluding tert-OH is 1. The summed E-state index contributed by atoms with van der Waals surface area (Å²) in [7, 11) is 0. The third-order valence-electron chi connectivity index (χ3n) is 4.03. The van der Waals surface area contributed by atoms with Gasteiger partial charge in [-0.1, -0.05) is 0 Å². The molecule has 0 aromatic carbocycles. The number of rotatable bonds is 3. The summed E-state index contributed by atoms with van der Waals surface area (Å²) in [5, 5.41) is 21.5. The van der Waals surface area contributed by atoms with Crippen molar-refractivity contribution in [3.05, 3.63) is 17.0 Å². The second-order valence-electron chi connectivity index (χ2n) is 5.52. The number of halogens is 1. The van der Waals surface area contributed by atoms with Gasteiger partial charge in [0.05, 0.1) is 6.10 Å². The summed E-state index contributed by atoms with van der Waals surface area (Å²) in [4.78, 5) is 18.7. The van der Waals surface area contributed by atoms with Crippen molar-refractivity contribution in [1.29, 1.82) is 0 Å². The normalized spacial score (nSPS) is 32.5. The van der Waals surface area contributed by atoms with E-state index in [0.717, 1.165) is 25.7 Å². The third kappa shape index (κ3) is 2.26. The van der Waals surface area contributed by atoms with Crippen molar-refractivity contribution in [2.75, 3.05) is 5.32 Å². The van der Waals surface area contributed by atoms with Gasteiger partial charge in [-0.15, -0.1) is 0 Å². The minimum Gasteiger partial charge on any atom is -0.477 e. The number of carboxylic acids is 1. The van der Waals surface area contributed by atoms with Gasteiger partial charge in [-0.2, -0.15) is 4.98 Å². The molecule has 2 saturated carbocycles. The van der Waals surface area contributed by atoms with Crippen molar-refractivity contribution in [3.8, 4) is 0 Å². The molecule has 1 aromatic rings. The van der Waals surface area contributed by atoms with E-state index in [1.54, 1.807) is 0 Å². The van der Waals surface area contributed by atoms with E-state index < -0.39 is 5.97 Å². The lowest BCUT2D eigenvalue weighted by molar-refractivity contribution is -0.0868. The molecule has 6 nitrogen and oxygen atoms in total. The van der Waals surface area contributed by atoms with Crippen LogP contribution in [-0.2, 0) is 0 Å². The summed E-state index contributed by atoms with van der Waals surface area (Å²) in [6.07, 6.45) is 4.61.